The van der Waals surface area contributed by atoms with Gasteiger partial charge in [-0.15, -0.1) is 0 Å². The molecule has 0 aliphatic carbocycles. The van der Waals surface area contributed by atoms with Crippen molar-refractivity contribution in [1.82, 2.24) is 24.8 Å². The van der Waals surface area contributed by atoms with Gasteiger partial charge in [0.25, 0.3) is 5.91 Å². The number of pyridine rings is 2. The zero-order chi connectivity index (χ0) is 19.7. The lowest BCUT2D eigenvalue weighted by atomic mass is 10.0. The molecule has 0 unspecified atom stereocenters. The Kier molecular flexibility index (Phi) is 4.60. The van der Waals surface area contributed by atoms with Crippen molar-refractivity contribution in [2.45, 2.75) is 13.0 Å². The van der Waals surface area contributed by atoms with E-state index in [1.807, 2.05) is 31.1 Å². The van der Waals surface area contributed by atoms with Crippen LogP contribution in [0.3, 0.4) is 0 Å². The summed E-state index contributed by atoms with van der Waals surface area (Å²) in [4.78, 5) is 34.3. The standard InChI is InChI=1S/C20H21N7O/c1-26(2)19-15-7-10-27(20(28)14-3-4-17(21)23-11-14)12-16(15)24-18(25-19)13-5-8-22-9-6-13/h3-6,8-9,11H,7,10,12H2,1-2H3,(H2,21,23). The monoisotopic (exact) mass is 375 g/mol. The smallest absolute Gasteiger partial charge is 0.255 e. The Hall–Kier alpha value is -3.55. The number of nitrogens with two attached hydrogens (primary N) is 1. The van der Waals surface area contributed by atoms with Gasteiger partial charge in [-0.05, 0) is 30.7 Å². The second-order valence-corrected chi connectivity index (χ2v) is 6.87. The molecule has 3 aromatic heterocycles. The Balaban J connectivity index is 1.69. The summed E-state index contributed by atoms with van der Waals surface area (Å²) < 4.78 is 0. The van der Waals surface area contributed by atoms with Crippen LogP contribution in [0, 0.1) is 0 Å². The van der Waals surface area contributed by atoms with Gasteiger partial charge in [-0.1, -0.05) is 0 Å². The summed E-state index contributed by atoms with van der Waals surface area (Å²) in [6.45, 7) is 1.04. The number of rotatable bonds is 3. The van der Waals surface area contributed by atoms with Gasteiger partial charge in [-0.2, -0.15) is 0 Å². The molecule has 1 amide bonds. The van der Waals surface area contributed by atoms with E-state index in [1.54, 1.807) is 29.4 Å². The van der Waals surface area contributed by atoms with E-state index >= 15 is 0 Å². The van der Waals surface area contributed by atoms with Crippen molar-refractivity contribution in [3.8, 4) is 11.4 Å². The fraction of sp³-hybridized carbons (Fsp3) is 0.250. The van der Waals surface area contributed by atoms with Gasteiger partial charge in [0.15, 0.2) is 5.82 Å². The molecule has 4 heterocycles. The Bertz CT molecular complexity index is 1000. The van der Waals surface area contributed by atoms with Crippen LogP contribution in [-0.2, 0) is 13.0 Å². The normalized spacial score (nSPS) is 13.1. The molecule has 3 aromatic rings. The first-order valence-corrected chi connectivity index (χ1v) is 9.01. The van der Waals surface area contributed by atoms with Crippen LogP contribution in [0.5, 0.6) is 0 Å². The Morgan fingerprint density at radius 2 is 1.93 bits per heavy atom. The molecule has 8 nitrogen and oxygen atoms in total. The maximum absolute atomic E-state index is 12.9. The fourth-order valence-electron chi connectivity index (χ4n) is 3.30. The number of nitrogen functional groups attached to an aromatic ring is 1. The average molecular weight is 375 g/mol. The Labute approximate surface area is 163 Å². The third kappa shape index (κ3) is 3.36. The number of aromatic nitrogens is 4. The molecule has 28 heavy (non-hydrogen) atoms. The fourth-order valence-corrected chi connectivity index (χ4v) is 3.30. The van der Waals surface area contributed by atoms with E-state index in [0.29, 0.717) is 36.7 Å². The van der Waals surface area contributed by atoms with Crippen molar-refractivity contribution in [2.24, 2.45) is 0 Å². The van der Waals surface area contributed by atoms with Crippen LogP contribution in [-0.4, -0.2) is 51.4 Å². The van der Waals surface area contributed by atoms with Crippen molar-refractivity contribution < 1.29 is 4.79 Å². The summed E-state index contributed by atoms with van der Waals surface area (Å²) in [7, 11) is 3.94. The average Bonchev–Trinajstić information content (AvgIpc) is 2.73. The lowest BCUT2D eigenvalue weighted by Crippen LogP contribution is -2.37. The molecule has 1 aliphatic heterocycles. The van der Waals surface area contributed by atoms with Crippen LogP contribution in [0.1, 0.15) is 21.6 Å². The summed E-state index contributed by atoms with van der Waals surface area (Å²) in [6, 6.07) is 7.10. The van der Waals surface area contributed by atoms with Gasteiger partial charge in [0.05, 0.1) is 17.8 Å². The molecule has 1 aliphatic rings. The van der Waals surface area contributed by atoms with Crippen LogP contribution in [0.4, 0.5) is 11.6 Å². The van der Waals surface area contributed by atoms with E-state index in [4.69, 9.17) is 15.7 Å². The van der Waals surface area contributed by atoms with Gasteiger partial charge in [-0.3, -0.25) is 9.78 Å². The molecule has 142 valence electrons. The summed E-state index contributed by atoms with van der Waals surface area (Å²) in [5, 5.41) is 0. The molecular formula is C20H21N7O. The first-order valence-electron chi connectivity index (χ1n) is 9.01. The first kappa shape index (κ1) is 17.8. The van der Waals surface area contributed by atoms with Gasteiger partial charge in [0, 0.05) is 50.4 Å². The minimum absolute atomic E-state index is 0.0753. The number of hydrogen-bond donors (Lipinski definition) is 1. The molecule has 4 rings (SSSR count). The topological polar surface area (TPSA) is 101 Å². The molecule has 2 N–H and O–H groups in total. The van der Waals surface area contributed by atoms with E-state index in [0.717, 1.165) is 22.6 Å². The molecular weight excluding hydrogens is 354 g/mol. The predicted octanol–water partition coefficient (Wildman–Crippen LogP) is 1.78. The van der Waals surface area contributed by atoms with Crippen molar-refractivity contribution in [2.75, 3.05) is 31.3 Å². The molecule has 0 bridgehead atoms. The van der Waals surface area contributed by atoms with Gasteiger partial charge in [0.2, 0.25) is 0 Å². The first-order chi connectivity index (χ1) is 13.5. The molecule has 0 fully saturated rings. The zero-order valence-corrected chi connectivity index (χ0v) is 15.8. The molecule has 0 aromatic carbocycles. The van der Waals surface area contributed by atoms with Crippen molar-refractivity contribution >= 4 is 17.5 Å². The number of hydrogen-bond acceptors (Lipinski definition) is 7. The van der Waals surface area contributed by atoms with Gasteiger partial charge in [-0.25, -0.2) is 15.0 Å². The number of nitrogens with zero attached hydrogens (tertiary/aromatic N) is 6. The molecule has 0 spiro atoms. The van der Waals surface area contributed by atoms with Gasteiger partial charge < -0.3 is 15.5 Å². The molecule has 0 saturated carbocycles. The minimum atomic E-state index is -0.0753. The highest BCUT2D eigenvalue weighted by Crippen LogP contribution is 2.29. The van der Waals surface area contributed by atoms with E-state index in [-0.39, 0.29) is 5.91 Å². The maximum atomic E-state index is 12.9. The van der Waals surface area contributed by atoms with Crippen molar-refractivity contribution in [3.05, 3.63) is 59.7 Å². The van der Waals surface area contributed by atoms with E-state index in [9.17, 15) is 4.79 Å². The number of anilines is 2. The Morgan fingerprint density at radius 3 is 2.61 bits per heavy atom. The quantitative estimate of drug-likeness (QED) is 0.744. The Morgan fingerprint density at radius 1 is 1.14 bits per heavy atom. The summed E-state index contributed by atoms with van der Waals surface area (Å²) in [5.41, 5.74) is 9.00. The third-order valence-corrected chi connectivity index (χ3v) is 4.73. The summed E-state index contributed by atoms with van der Waals surface area (Å²) in [5.74, 6) is 1.84. The molecule has 0 radical (unpaired) electrons. The van der Waals surface area contributed by atoms with Gasteiger partial charge >= 0.3 is 0 Å². The number of carbonyl (C=O) groups is 1. The number of carbonyl (C=O) groups excluding carboxylic acids is 1. The summed E-state index contributed by atoms with van der Waals surface area (Å²) in [6.07, 6.45) is 5.66. The lowest BCUT2D eigenvalue weighted by molar-refractivity contribution is 0.0731. The van der Waals surface area contributed by atoms with Crippen LogP contribution in [0.2, 0.25) is 0 Å². The van der Waals surface area contributed by atoms with Crippen LogP contribution in [0.25, 0.3) is 11.4 Å². The number of fused-ring (bicyclic) bond motifs is 1. The molecule has 0 atom stereocenters. The highest BCUT2D eigenvalue weighted by atomic mass is 16.2. The maximum Gasteiger partial charge on any atom is 0.255 e. The second-order valence-electron chi connectivity index (χ2n) is 6.87. The SMILES string of the molecule is CN(C)c1nc(-c2ccncc2)nc2c1CCN(C(=O)c1ccc(N)nc1)C2. The van der Waals surface area contributed by atoms with Crippen LogP contribution >= 0.6 is 0 Å². The van der Waals surface area contributed by atoms with Gasteiger partial charge in [0.1, 0.15) is 11.6 Å². The van der Waals surface area contributed by atoms with Crippen molar-refractivity contribution in [3.63, 3.8) is 0 Å². The minimum Gasteiger partial charge on any atom is -0.384 e. The predicted molar refractivity (Wildman–Crippen MR) is 107 cm³/mol. The third-order valence-electron chi connectivity index (χ3n) is 4.73. The molecule has 8 heteroatoms. The summed E-state index contributed by atoms with van der Waals surface area (Å²) >= 11 is 0. The van der Waals surface area contributed by atoms with Crippen LogP contribution in [0.15, 0.2) is 42.9 Å². The lowest BCUT2D eigenvalue weighted by Gasteiger charge is -2.30. The van der Waals surface area contributed by atoms with Crippen molar-refractivity contribution in [1.29, 1.82) is 0 Å². The molecule has 0 saturated heterocycles. The van der Waals surface area contributed by atoms with E-state index in [1.165, 1.54) is 6.20 Å². The number of amides is 1. The zero-order valence-electron chi connectivity index (χ0n) is 15.8. The van der Waals surface area contributed by atoms with Crippen LogP contribution < -0.4 is 10.6 Å². The largest absolute Gasteiger partial charge is 0.384 e. The van der Waals surface area contributed by atoms with E-state index < -0.39 is 0 Å². The second kappa shape index (κ2) is 7.22. The highest BCUT2D eigenvalue weighted by Gasteiger charge is 2.27. The van der Waals surface area contributed by atoms with E-state index in [2.05, 4.69) is 9.97 Å². The highest BCUT2D eigenvalue weighted by molar-refractivity contribution is 5.94.